The van der Waals surface area contributed by atoms with Crippen molar-refractivity contribution in [3.05, 3.63) is 5.82 Å². The van der Waals surface area contributed by atoms with Crippen molar-refractivity contribution in [1.82, 2.24) is 9.36 Å². The molecular weight excluding hydrogens is 210 g/mol. The maximum Gasteiger partial charge on any atom is 0.205 e. The van der Waals surface area contributed by atoms with Crippen molar-refractivity contribution >= 4 is 16.7 Å². The smallest absolute Gasteiger partial charge is 0.205 e. The van der Waals surface area contributed by atoms with Crippen LogP contribution >= 0.6 is 11.5 Å². The van der Waals surface area contributed by atoms with Crippen LogP contribution in [0, 0.1) is 0 Å². The molecule has 0 amide bonds. The monoisotopic (exact) mass is 227 g/mol. The number of anilines is 1. The Morgan fingerprint density at radius 3 is 2.60 bits per heavy atom. The number of hydrogen-bond acceptors (Lipinski definition) is 5. The summed E-state index contributed by atoms with van der Waals surface area (Å²) in [5, 5.41) is 10.4. The predicted molar refractivity (Wildman–Crippen MR) is 61.5 cm³/mol. The number of rotatable bonds is 2. The number of aliphatic hydroxyl groups is 1. The minimum atomic E-state index is -0.126. The van der Waals surface area contributed by atoms with Crippen LogP contribution in [-0.4, -0.2) is 33.7 Å². The second-order valence-corrected chi connectivity index (χ2v) is 5.04. The second kappa shape index (κ2) is 4.45. The van der Waals surface area contributed by atoms with Gasteiger partial charge >= 0.3 is 0 Å². The third-order valence-electron chi connectivity index (χ3n) is 2.68. The van der Waals surface area contributed by atoms with E-state index < -0.39 is 0 Å². The van der Waals surface area contributed by atoms with Crippen LogP contribution in [0.5, 0.6) is 0 Å². The molecule has 15 heavy (non-hydrogen) atoms. The summed E-state index contributed by atoms with van der Waals surface area (Å²) in [4.78, 5) is 6.73. The van der Waals surface area contributed by atoms with Gasteiger partial charge in [0, 0.05) is 30.5 Å². The molecule has 4 nitrogen and oxygen atoms in total. The lowest BCUT2D eigenvalue weighted by Crippen LogP contribution is -2.35. The number of aliphatic hydroxyl groups excluding tert-OH is 1. The summed E-state index contributed by atoms with van der Waals surface area (Å²) in [6.45, 7) is 6.00. The van der Waals surface area contributed by atoms with Crippen molar-refractivity contribution in [2.24, 2.45) is 0 Å². The van der Waals surface area contributed by atoms with Gasteiger partial charge in [0.05, 0.1) is 6.10 Å². The summed E-state index contributed by atoms with van der Waals surface area (Å²) in [5.74, 6) is 1.33. The highest BCUT2D eigenvalue weighted by Gasteiger charge is 2.20. The Balaban J connectivity index is 2.03. The molecule has 5 heteroatoms. The summed E-state index contributed by atoms with van der Waals surface area (Å²) in [6, 6.07) is 0. The van der Waals surface area contributed by atoms with E-state index in [1.165, 1.54) is 11.5 Å². The molecule has 0 aliphatic carbocycles. The van der Waals surface area contributed by atoms with Gasteiger partial charge in [-0.25, -0.2) is 4.98 Å². The summed E-state index contributed by atoms with van der Waals surface area (Å²) in [7, 11) is 0. The van der Waals surface area contributed by atoms with Crippen LogP contribution in [0.4, 0.5) is 5.13 Å². The lowest BCUT2D eigenvalue weighted by atomic mass is 10.1. The van der Waals surface area contributed by atoms with E-state index in [1.807, 2.05) is 0 Å². The fraction of sp³-hybridized carbons (Fsp3) is 0.800. The van der Waals surface area contributed by atoms with Crippen molar-refractivity contribution in [2.75, 3.05) is 18.0 Å². The van der Waals surface area contributed by atoms with Crippen LogP contribution in [0.25, 0.3) is 0 Å². The van der Waals surface area contributed by atoms with E-state index in [1.54, 1.807) is 0 Å². The van der Waals surface area contributed by atoms with E-state index in [-0.39, 0.29) is 6.10 Å². The topological polar surface area (TPSA) is 49.2 Å². The Hall–Kier alpha value is -0.680. The van der Waals surface area contributed by atoms with Crippen LogP contribution < -0.4 is 4.90 Å². The molecule has 1 aromatic rings. The first-order valence-corrected chi connectivity index (χ1v) is 6.21. The van der Waals surface area contributed by atoms with Gasteiger partial charge in [0.15, 0.2) is 0 Å². The van der Waals surface area contributed by atoms with Crippen LogP contribution in [-0.2, 0) is 0 Å². The molecule has 0 unspecified atom stereocenters. The first-order chi connectivity index (χ1) is 7.16. The van der Waals surface area contributed by atoms with E-state index in [2.05, 4.69) is 28.1 Å². The third kappa shape index (κ3) is 2.46. The quantitative estimate of drug-likeness (QED) is 0.834. The highest BCUT2D eigenvalue weighted by Crippen LogP contribution is 2.24. The number of nitrogens with zero attached hydrogens (tertiary/aromatic N) is 3. The SMILES string of the molecule is CC(C)c1nsc(N2CCC(O)CC2)n1. The Kier molecular flexibility index (Phi) is 3.21. The molecule has 84 valence electrons. The maximum absolute atomic E-state index is 9.41. The molecular formula is C10H17N3OS. The molecule has 0 atom stereocenters. The van der Waals surface area contributed by atoms with E-state index in [9.17, 15) is 5.11 Å². The van der Waals surface area contributed by atoms with E-state index in [4.69, 9.17) is 0 Å². The summed E-state index contributed by atoms with van der Waals surface area (Å²) < 4.78 is 4.34. The largest absolute Gasteiger partial charge is 0.393 e. The molecule has 0 spiro atoms. The van der Waals surface area contributed by atoms with Crippen molar-refractivity contribution in [2.45, 2.75) is 38.7 Å². The van der Waals surface area contributed by atoms with Gasteiger partial charge in [-0.2, -0.15) is 4.37 Å². The van der Waals surface area contributed by atoms with Crippen LogP contribution in [0.2, 0.25) is 0 Å². The molecule has 0 bridgehead atoms. The van der Waals surface area contributed by atoms with Crippen molar-refractivity contribution in [3.63, 3.8) is 0 Å². The molecule has 0 radical (unpaired) electrons. The number of piperidine rings is 1. The number of hydrogen-bond donors (Lipinski definition) is 1. The molecule has 2 heterocycles. The first kappa shape index (κ1) is 10.8. The van der Waals surface area contributed by atoms with Crippen molar-refractivity contribution in [3.8, 4) is 0 Å². The number of aromatic nitrogens is 2. The lowest BCUT2D eigenvalue weighted by molar-refractivity contribution is 0.145. The molecule has 1 aliphatic rings. The first-order valence-electron chi connectivity index (χ1n) is 5.43. The molecule has 1 aliphatic heterocycles. The highest BCUT2D eigenvalue weighted by atomic mass is 32.1. The van der Waals surface area contributed by atoms with Crippen molar-refractivity contribution in [1.29, 1.82) is 0 Å². The molecule has 1 aromatic heterocycles. The van der Waals surface area contributed by atoms with Gasteiger partial charge in [-0.15, -0.1) is 0 Å². The van der Waals surface area contributed by atoms with E-state index >= 15 is 0 Å². The molecule has 2 rings (SSSR count). The predicted octanol–water partition coefficient (Wildman–Crippen LogP) is 1.62. The van der Waals surface area contributed by atoms with Gasteiger partial charge in [-0.1, -0.05) is 13.8 Å². The Labute approximate surface area is 94.1 Å². The highest BCUT2D eigenvalue weighted by molar-refractivity contribution is 7.09. The zero-order valence-electron chi connectivity index (χ0n) is 9.18. The normalized spacial score (nSPS) is 18.8. The minimum absolute atomic E-state index is 0.126. The zero-order chi connectivity index (χ0) is 10.8. The van der Waals surface area contributed by atoms with Gasteiger partial charge in [0.2, 0.25) is 5.13 Å². The van der Waals surface area contributed by atoms with Gasteiger partial charge in [-0.05, 0) is 12.8 Å². The summed E-state index contributed by atoms with van der Waals surface area (Å²) in [6.07, 6.45) is 1.56. The molecule has 1 fully saturated rings. The second-order valence-electron chi connectivity index (χ2n) is 4.31. The minimum Gasteiger partial charge on any atom is -0.393 e. The van der Waals surface area contributed by atoms with Crippen LogP contribution in [0.3, 0.4) is 0 Å². The average molecular weight is 227 g/mol. The fourth-order valence-corrected chi connectivity index (χ4v) is 2.51. The summed E-state index contributed by atoms with van der Waals surface area (Å²) in [5.41, 5.74) is 0. The fourth-order valence-electron chi connectivity index (χ4n) is 1.65. The molecule has 0 aromatic carbocycles. The summed E-state index contributed by atoms with van der Waals surface area (Å²) >= 11 is 1.47. The van der Waals surface area contributed by atoms with Crippen LogP contribution in [0.15, 0.2) is 0 Å². The van der Waals surface area contributed by atoms with Crippen LogP contribution in [0.1, 0.15) is 38.4 Å². The maximum atomic E-state index is 9.41. The van der Waals surface area contributed by atoms with Gasteiger partial charge < -0.3 is 10.0 Å². The van der Waals surface area contributed by atoms with Crippen molar-refractivity contribution < 1.29 is 5.11 Å². The standard InChI is InChI=1S/C10H17N3OS/c1-7(2)9-11-10(15-12-9)13-5-3-8(14)4-6-13/h7-8,14H,3-6H2,1-2H3. The van der Waals surface area contributed by atoms with E-state index in [0.29, 0.717) is 5.92 Å². The average Bonchev–Trinajstić information content (AvgIpc) is 2.68. The Bertz CT molecular complexity index is 318. The lowest BCUT2D eigenvalue weighted by Gasteiger charge is -2.28. The Morgan fingerprint density at radius 1 is 1.40 bits per heavy atom. The Morgan fingerprint density at radius 2 is 2.07 bits per heavy atom. The van der Waals surface area contributed by atoms with Gasteiger partial charge in [0.25, 0.3) is 0 Å². The van der Waals surface area contributed by atoms with Gasteiger partial charge in [0.1, 0.15) is 5.82 Å². The molecule has 1 saturated heterocycles. The third-order valence-corrected chi connectivity index (χ3v) is 3.47. The van der Waals surface area contributed by atoms with Gasteiger partial charge in [-0.3, -0.25) is 0 Å². The zero-order valence-corrected chi connectivity index (χ0v) is 10.00. The van der Waals surface area contributed by atoms with E-state index in [0.717, 1.165) is 36.9 Å². The molecule has 1 N–H and O–H groups in total. The molecule has 0 saturated carbocycles.